The van der Waals surface area contributed by atoms with Crippen molar-refractivity contribution in [1.82, 2.24) is 14.5 Å². The molecule has 6 heteroatoms. The van der Waals surface area contributed by atoms with Crippen LogP contribution in [0.5, 0.6) is 0 Å². The molecule has 0 fully saturated rings. The number of aromatic nitrogens is 3. The molecule has 0 aliphatic heterocycles. The molecular weight excluding hydrogens is 282 g/mol. The van der Waals surface area contributed by atoms with Crippen molar-refractivity contribution in [1.29, 1.82) is 0 Å². The van der Waals surface area contributed by atoms with Crippen molar-refractivity contribution >= 4 is 23.7 Å². The van der Waals surface area contributed by atoms with Gasteiger partial charge in [-0.2, -0.15) is 0 Å². The fourth-order valence-electron chi connectivity index (χ4n) is 1.85. The van der Waals surface area contributed by atoms with Gasteiger partial charge in [0.1, 0.15) is 5.00 Å². The van der Waals surface area contributed by atoms with Crippen molar-refractivity contribution in [2.75, 3.05) is 0 Å². The number of nitrogens with one attached hydrogen (secondary N) is 1. The largest absolute Gasteiger partial charge is 0.326 e. The van der Waals surface area contributed by atoms with Crippen LogP contribution < -0.4 is 5.56 Å². The van der Waals surface area contributed by atoms with Crippen LogP contribution in [0.15, 0.2) is 47.8 Å². The van der Waals surface area contributed by atoms with Crippen LogP contribution in [-0.2, 0) is 0 Å². The summed E-state index contributed by atoms with van der Waals surface area (Å²) >= 11 is 1.66. The Morgan fingerprint density at radius 2 is 2.11 bits per heavy atom. The van der Waals surface area contributed by atoms with Crippen LogP contribution in [-0.4, -0.2) is 14.5 Å². The van der Waals surface area contributed by atoms with Gasteiger partial charge in [-0.1, -0.05) is 0 Å². The number of rotatable bonds is 2. The van der Waals surface area contributed by atoms with Gasteiger partial charge in [-0.05, 0) is 25.1 Å². The number of aromatic amines is 1. The molecule has 0 atom stereocenters. The first-order chi connectivity index (χ1) is 8.74. The van der Waals surface area contributed by atoms with Gasteiger partial charge in [0.25, 0.3) is 0 Å². The third-order valence-corrected chi connectivity index (χ3v) is 3.86. The number of halogens is 1. The third-order valence-electron chi connectivity index (χ3n) is 2.73. The first-order valence-corrected chi connectivity index (χ1v) is 6.34. The van der Waals surface area contributed by atoms with Gasteiger partial charge in [0.15, 0.2) is 0 Å². The van der Waals surface area contributed by atoms with Crippen molar-refractivity contribution in [3.63, 3.8) is 0 Å². The lowest BCUT2D eigenvalue weighted by molar-refractivity contribution is 1.09. The summed E-state index contributed by atoms with van der Waals surface area (Å²) in [6.45, 7) is 1.91. The van der Waals surface area contributed by atoms with Crippen LogP contribution in [0.4, 0.5) is 0 Å². The number of aryl methyl sites for hydroxylation is 1. The minimum absolute atomic E-state index is 0. The van der Waals surface area contributed by atoms with Crippen LogP contribution >= 0.6 is 23.7 Å². The molecule has 0 saturated heterocycles. The molecule has 19 heavy (non-hydrogen) atoms. The van der Waals surface area contributed by atoms with Crippen molar-refractivity contribution in [2.45, 2.75) is 6.92 Å². The monoisotopic (exact) mass is 293 g/mol. The third kappa shape index (κ3) is 2.62. The Balaban J connectivity index is 0.00000133. The highest BCUT2D eigenvalue weighted by atomic mass is 35.5. The highest BCUT2D eigenvalue weighted by molar-refractivity contribution is 7.17. The van der Waals surface area contributed by atoms with E-state index in [1.807, 2.05) is 29.8 Å². The van der Waals surface area contributed by atoms with E-state index in [2.05, 4.69) is 16.0 Å². The Hall–Kier alpha value is -1.85. The van der Waals surface area contributed by atoms with Crippen molar-refractivity contribution < 1.29 is 0 Å². The van der Waals surface area contributed by atoms with Gasteiger partial charge in [-0.3, -0.25) is 9.36 Å². The quantitative estimate of drug-likeness (QED) is 0.789. The molecule has 0 unspecified atom stereocenters. The maximum absolute atomic E-state index is 11.2. The Bertz CT molecular complexity index is 730. The molecule has 3 rings (SSSR count). The number of thiophene rings is 1. The number of nitrogens with zero attached hydrogens (tertiary/aromatic N) is 2. The highest BCUT2D eigenvalue weighted by Crippen LogP contribution is 2.30. The fraction of sp³-hybridized carbons (Fsp3) is 0.0769. The molecule has 0 aliphatic carbocycles. The first kappa shape index (κ1) is 13.6. The molecular formula is C13H12ClN3OS. The summed E-state index contributed by atoms with van der Waals surface area (Å²) in [7, 11) is 0. The van der Waals surface area contributed by atoms with Crippen molar-refractivity contribution in [3.8, 4) is 15.4 Å². The van der Waals surface area contributed by atoms with Crippen LogP contribution in [0.2, 0.25) is 0 Å². The lowest BCUT2D eigenvalue weighted by Crippen LogP contribution is -2.05. The molecule has 4 nitrogen and oxygen atoms in total. The molecule has 1 N–H and O–H groups in total. The second-order valence-electron chi connectivity index (χ2n) is 3.97. The predicted molar refractivity (Wildman–Crippen MR) is 79.5 cm³/mol. The average molecular weight is 294 g/mol. The van der Waals surface area contributed by atoms with Crippen LogP contribution in [0.1, 0.15) is 5.69 Å². The fourth-order valence-corrected chi connectivity index (χ4v) is 2.89. The Morgan fingerprint density at radius 1 is 1.26 bits per heavy atom. The SMILES string of the molecule is Cc1[nH]c(=O)ccc1-c1ccc(-n2ccnc2)s1.Cl. The van der Waals surface area contributed by atoms with Gasteiger partial charge >= 0.3 is 0 Å². The van der Waals surface area contributed by atoms with Gasteiger partial charge in [-0.25, -0.2) is 4.98 Å². The highest BCUT2D eigenvalue weighted by Gasteiger charge is 2.07. The number of pyridine rings is 1. The summed E-state index contributed by atoms with van der Waals surface area (Å²) < 4.78 is 1.97. The van der Waals surface area contributed by atoms with E-state index in [1.165, 1.54) is 0 Å². The van der Waals surface area contributed by atoms with E-state index in [9.17, 15) is 4.79 Å². The first-order valence-electron chi connectivity index (χ1n) is 5.52. The molecule has 0 spiro atoms. The number of H-pyrrole nitrogens is 1. The molecule has 0 aliphatic rings. The van der Waals surface area contributed by atoms with Gasteiger partial charge in [-0.15, -0.1) is 23.7 Å². The summed E-state index contributed by atoms with van der Waals surface area (Å²) in [6, 6.07) is 7.52. The molecule has 0 radical (unpaired) electrons. The van der Waals surface area contributed by atoms with Gasteiger partial charge in [0.2, 0.25) is 5.56 Å². The molecule has 0 saturated carbocycles. The topological polar surface area (TPSA) is 50.7 Å². The van der Waals surface area contributed by atoms with Gasteiger partial charge in [0.05, 0.1) is 6.33 Å². The Kier molecular flexibility index (Phi) is 3.87. The van der Waals surface area contributed by atoms with Crippen molar-refractivity contribution in [3.05, 3.63) is 59.0 Å². The zero-order valence-electron chi connectivity index (χ0n) is 10.2. The Morgan fingerprint density at radius 3 is 2.79 bits per heavy atom. The molecule has 0 aromatic carbocycles. The van der Waals surface area contributed by atoms with Gasteiger partial charge in [0, 0.05) is 34.6 Å². The lowest BCUT2D eigenvalue weighted by Gasteiger charge is -2.01. The van der Waals surface area contributed by atoms with Crippen LogP contribution in [0.25, 0.3) is 15.4 Å². The minimum Gasteiger partial charge on any atom is -0.326 e. The molecule has 98 valence electrons. The standard InChI is InChI=1S/C13H11N3OS.ClH/c1-9-10(2-4-12(17)15-9)11-3-5-13(18-11)16-7-6-14-8-16;/h2-8H,1H3,(H,15,17);1H. The average Bonchev–Trinajstić information content (AvgIpc) is 2.99. The summed E-state index contributed by atoms with van der Waals surface area (Å²) in [6.07, 6.45) is 5.44. The predicted octanol–water partition coefficient (Wildman–Crippen LogP) is 3.02. The van der Waals surface area contributed by atoms with Crippen LogP contribution in [0, 0.1) is 6.92 Å². The molecule has 3 aromatic heterocycles. The number of hydrogen-bond donors (Lipinski definition) is 1. The van der Waals surface area contributed by atoms with Crippen LogP contribution in [0.3, 0.4) is 0 Å². The maximum atomic E-state index is 11.2. The lowest BCUT2D eigenvalue weighted by atomic mass is 10.2. The smallest absolute Gasteiger partial charge is 0.248 e. The van der Waals surface area contributed by atoms with E-state index in [0.717, 1.165) is 21.1 Å². The van der Waals surface area contributed by atoms with E-state index < -0.39 is 0 Å². The Labute approximate surface area is 120 Å². The molecule has 3 heterocycles. The summed E-state index contributed by atoms with van der Waals surface area (Å²) in [4.78, 5) is 19.2. The molecule has 0 amide bonds. The normalized spacial score (nSPS) is 10.2. The zero-order valence-corrected chi connectivity index (χ0v) is 11.8. The zero-order chi connectivity index (χ0) is 12.5. The molecule has 0 bridgehead atoms. The van der Waals surface area contributed by atoms with E-state index in [-0.39, 0.29) is 18.0 Å². The minimum atomic E-state index is -0.0670. The maximum Gasteiger partial charge on any atom is 0.248 e. The number of imidazole rings is 1. The summed E-state index contributed by atoms with van der Waals surface area (Å²) in [5.74, 6) is 0. The second-order valence-corrected chi connectivity index (χ2v) is 5.03. The number of hydrogen-bond acceptors (Lipinski definition) is 3. The van der Waals surface area contributed by atoms with E-state index in [0.29, 0.717) is 0 Å². The van der Waals surface area contributed by atoms with E-state index in [1.54, 1.807) is 29.9 Å². The van der Waals surface area contributed by atoms with E-state index >= 15 is 0 Å². The summed E-state index contributed by atoms with van der Waals surface area (Å²) in [5, 5.41) is 1.10. The molecule has 3 aromatic rings. The van der Waals surface area contributed by atoms with Crippen molar-refractivity contribution in [2.24, 2.45) is 0 Å². The van der Waals surface area contributed by atoms with E-state index in [4.69, 9.17) is 0 Å². The van der Waals surface area contributed by atoms with Gasteiger partial charge < -0.3 is 4.98 Å². The second kappa shape index (κ2) is 5.42. The summed E-state index contributed by atoms with van der Waals surface area (Å²) in [5.41, 5.74) is 1.88.